The van der Waals surface area contributed by atoms with Crippen molar-refractivity contribution in [3.8, 4) is 0 Å². The van der Waals surface area contributed by atoms with Crippen molar-refractivity contribution in [2.24, 2.45) is 0 Å². The topological polar surface area (TPSA) is 46.6 Å². The highest BCUT2D eigenvalue weighted by atomic mass is 16.5. The normalized spacial score (nSPS) is 14.5. The van der Waals surface area contributed by atoms with Crippen LogP contribution >= 0.6 is 0 Å². The van der Waals surface area contributed by atoms with Crippen molar-refractivity contribution in [1.29, 1.82) is 0 Å². The Morgan fingerprint density at radius 2 is 1.79 bits per heavy atom. The van der Waals surface area contributed by atoms with Gasteiger partial charge in [-0.1, -0.05) is 48.5 Å². The number of anilines is 1. The molecule has 0 radical (unpaired) electrons. The van der Waals surface area contributed by atoms with E-state index in [0.29, 0.717) is 6.54 Å². The minimum atomic E-state index is -0.816. The van der Waals surface area contributed by atoms with Crippen molar-refractivity contribution in [1.82, 2.24) is 0 Å². The second-order valence-electron chi connectivity index (χ2n) is 5.69. The Labute approximate surface area is 141 Å². The number of carbonyl (C=O) groups excluding carboxylic acids is 2. The van der Waals surface area contributed by atoms with Crippen molar-refractivity contribution >= 4 is 23.6 Å². The van der Waals surface area contributed by atoms with Crippen LogP contribution < -0.4 is 4.90 Å². The van der Waals surface area contributed by atoms with Crippen LogP contribution in [0.15, 0.2) is 60.7 Å². The van der Waals surface area contributed by atoms with E-state index in [1.54, 1.807) is 17.9 Å². The van der Waals surface area contributed by atoms with E-state index >= 15 is 0 Å². The number of hydrogen-bond acceptors (Lipinski definition) is 3. The maximum Gasteiger partial charge on any atom is 0.331 e. The highest BCUT2D eigenvalue weighted by Gasteiger charge is 2.29. The Hall–Kier alpha value is -2.88. The average Bonchev–Trinajstić information content (AvgIpc) is 3.04. The molecular weight excluding hydrogens is 302 g/mol. The molecule has 1 atom stereocenters. The van der Waals surface area contributed by atoms with Crippen molar-refractivity contribution in [2.75, 3.05) is 11.4 Å². The molecule has 1 amide bonds. The SMILES string of the molecule is CC(OC(=O)/C=C/c1ccccc1)C(=O)N1CCc2ccccc21. The first-order chi connectivity index (χ1) is 11.6. The lowest BCUT2D eigenvalue weighted by atomic mass is 10.2. The fourth-order valence-electron chi connectivity index (χ4n) is 2.78. The molecule has 1 aliphatic rings. The minimum absolute atomic E-state index is 0.193. The van der Waals surface area contributed by atoms with Gasteiger partial charge < -0.3 is 9.64 Å². The molecule has 2 aromatic carbocycles. The van der Waals surface area contributed by atoms with Crippen LogP contribution in [0.25, 0.3) is 6.08 Å². The van der Waals surface area contributed by atoms with E-state index < -0.39 is 12.1 Å². The largest absolute Gasteiger partial charge is 0.449 e. The number of amides is 1. The van der Waals surface area contributed by atoms with Crippen LogP contribution in [0.3, 0.4) is 0 Å². The highest BCUT2D eigenvalue weighted by Crippen LogP contribution is 2.28. The zero-order valence-corrected chi connectivity index (χ0v) is 13.5. The van der Waals surface area contributed by atoms with Gasteiger partial charge in [-0.25, -0.2) is 4.79 Å². The lowest BCUT2D eigenvalue weighted by Crippen LogP contribution is -2.38. The maximum atomic E-state index is 12.5. The van der Waals surface area contributed by atoms with Crippen molar-refractivity contribution in [2.45, 2.75) is 19.4 Å². The first-order valence-corrected chi connectivity index (χ1v) is 7.98. The summed E-state index contributed by atoms with van der Waals surface area (Å²) in [5.41, 5.74) is 2.96. The van der Waals surface area contributed by atoms with Crippen molar-refractivity contribution < 1.29 is 14.3 Å². The fraction of sp³-hybridized carbons (Fsp3) is 0.200. The van der Waals surface area contributed by atoms with Crippen LogP contribution in [0.1, 0.15) is 18.1 Å². The summed E-state index contributed by atoms with van der Waals surface area (Å²) < 4.78 is 5.24. The molecule has 1 aliphatic heterocycles. The number of benzene rings is 2. The Bertz CT molecular complexity index is 767. The molecular formula is C20H19NO3. The number of nitrogens with zero attached hydrogens (tertiary/aromatic N) is 1. The Morgan fingerprint density at radius 1 is 1.08 bits per heavy atom. The van der Waals surface area contributed by atoms with Gasteiger partial charge in [-0.15, -0.1) is 0 Å². The molecule has 0 aromatic heterocycles. The maximum absolute atomic E-state index is 12.5. The van der Waals surface area contributed by atoms with Gasteiger partial charge in [0, 0.05) is 18.3 Å². The van der Waals surface area contributed by atoms with E-state index in [9.17, 15) is 9.59 Å². The fourth-order valence-corrected chi connectivity index (χ4v) is 2.78. The summed E-state index contributed by atoms with van der Waals surface area (Å²) in [5, 5.41) is 0. The zero-order chi connectivity index (χ0) is 16.9. The highest BCUT2D eigenvalue weighted by molar-refractivity contribution is 6.00. The molecule has 2 aromatic rings. The van der Waals surface area contributed by atoms with E-state index in [-0.39, 0.29) is 5.91 Å². The van der Waals surface area contributed by atoms with Crippen LogP contribution in [0.2, 0.25) is 0 Å². The molecule has 24 heavy (non-hydrogen) atoms. The molecule has 1 heterocycles. The summed E-state index contributed by atoms with van der Waals surface area (Å²) in [6.45, 7) is 2.23. The van der Waals surface area contributed by atoms with Gasteiger partial charge in [0.2, 0.25) is 0 Å². The molecule has 4 nitrogen and oxygen atoms in total. The summed E-state index contributed by atoms with van der Waals surface area (Å²) >= 11 is 0. The Kier molecular flexibility index (Phi) is 4.75. The van der Waals surface area contributed by atoms with E-state index in [1.807, 2.05) is 54.6 Å². The summed E-state index contributed by atoms with van der Waals surface area (Å²) in [4.78, 5) is 26.1. The number of ether oxygens (including phenoxy) is 1. The molecule has 4 heteroatoms. The lowest BCUT2D eigenvalue weighted by molar-refractivity contribution is -0.149. The van der Waals surface area contributed by atoms with Gasteiger partial charge in [-0.05, 0) is 36.6 Å². The number of carbonyl (C=O) groups is 2. The smallest absolute Gasteiger partial charge is 0.331 e. The second kappa shape index (κ2) is 7.13. The predicted octanol–water partition coefficient (Wildman–Crippen LogP) is 3.22. The number of fused-ring (bicyclic) bond motifs is 1. The van der Waals surface area contributed by atoms with Gasteiger partial charge in [-0.3, -0.25) is 4.79 Å². The third kappa shape index (κ3) is 3.54. The van der Waals surface area contributed by atoms with E-state index in [1.165, 1.54) is 6.08 Å². The van der Waals surface area contributed by atoms with Gasteiger partial charge in [0.15, 0.2) is 6.10 Å². The lowest BCUT2D eigenvalue weighted by Gasteiger charge is -2.21. The molecule has 122 valence electrons. The monoisotopic (exact) mass is 321 g/mol. The van der Waals surface area contributed by atoms with Gasteiger partial charge in [0.05, 0.1) is 0 Å². The summed E-state index contributed by atoms with van der Waals surface area (Å²) in [6, 6.07) is 17.3. The molecule has 0 N–H and O–H groups in total. The van der Waals surface area contributed by atoms with Crippen molar-refractivity contribution in [3.63, 3.8) is 0 Å². The van der Waals surface area contributed by atoms with Gasteiger partial charge >= 0.3 is 5.97 Å². The van der Waals surface area contributed by atoms with Crippen LogP contribution in [-0.2, 0) is 20.7 Å². The molecule has 1 unspecified atom stereocenters. The zero-order valence-electron chi connectivity index (χ0n) is 13.5. The summed E-state index contributed by atoms with van der Waals surface area (Å²) in [5.74, 6) is -0.714. The Morgan fingerprint density at radius 3 is 2.58 bits per heavy atom. The van der Waals surface area contributed by atoms with Crippen LogP contribution in [-0.4, -0.2) is 24.5 Å². The van der Waals surface area contributed by atoms with Crippen LogP contribution in [0.4, 0.5) is 5.69 Å². The van der Waals surface area contributed by atoms with Crippen LogP contribution in [0, 0.1) is 0 Å². The first kappa shape index (κ1) is 16.0. The number of rotatable bonds is 4. The minimum Gasteiger partial charge on any atom is -0.449 e. The number of para-hydroxylation sites is 1. The molecule has 0 spiro atoms. The van der Waals surface area contributed by atoms with E-state index in [4.69, 9.17) is 4.74 Å². The first-order valence-electron chi connectivity index (χ1n) is 7.98. The molecule has 0 saturated heterocycles. The number of hydrogen-bond donors (Lipinski definition) is 0. The van der Waals surface area contributed by atoms with Gasteiger partial charge in [0.1, 0.15) is 0 Å². The third-order valence-electron chi connectivity index (χ3n) is 4.01. The predicted molar refractivity (Wildman–Crippen MR) is 93.5 cm³/mol. The Balaban J connectivity index is 1.61. The van der Waals surface area contributed by atoms with Gasteiger partial charge in [0.25, 0.3) is 5.91 Å². The van der Waals surface area contributed by atoms with E-state index in [0.717, 1.165) is 23.2 Å². The van der Waals surface area contributed by atoms with Gasteiger partial charge in [-0.2, -0.15) is 0 Å². The third-order valence-corrected chi connectivity index (χ3v) is 4.01. The van der Waals surface area contributed by atoms with Crippen molar-refractivity contribution in [3.05, 3.63) is 71.8 Å². The summed E-state index contributed by atoms with van der Waals surface area (Å²) in [6.07, 6.45) is 3.03. The second-order valence-corrected chi connectivity index (χ2v) is 5.69. The molecule has 0 bridgehead atoms. The molecule has 0 aliphatic carbocycles. The molecule has 0 saturated carbocycles. The number of esters is 1. The standard InChI is InChI=1S/C20H19NO3/c1-15(24-19(22)12-11-16-7-3-2-4-8-16)20(23)21-14-13-17-9-5-6-10-18(17)21/h2-12,15H,13-14H2,1H3/b12-11+. The van der Waals surface area contributed by atoms with Crippen LogP contribution in [0.5, 0.6) is 0 Å². The molecule has 3 rings (SSSR count). The quantitative estimate of drug-likeness (QED) is 0.641. The van der Waals surface area contributed by atoms with E-state index in [2.05, 4.69) is 0 Å². The summed E-state index contributed by atoms with van der Waals surface area (Å²) in [7, 11) is 0. The average molecular weight is 321 g/mol. The molecule has 0 fully saturated rings.